The zero-order valence-electron chi connectivity index (χ0n) is 11.5. The van der Waals surface area contributed by atoms with Crippen molar-refractivity contribution in [2.75, 3.05) is 13.7 Å². The van der Waals surface area contributed by atoms with Crippen LogP contribution in [0, 0.1) is 0 Å². The van der Waals surface area contributed by atoms with Crippen LogP contribution < -0.4 is 10.3 Å². The molecule has 0 saturated carbocycles. The van der Waals surface area contributed by atoms with Gasteiger partial charge in [-0.1, -0.05) is 17.4 Å². The Hall–Kier alpha value is -2.41. The van der Waals surface area contributed by atoms with Crippen molar-refractivity contribution in [3.05, 3.63) is 40.3 Å². The standard InChI is InChI=1S/C14H12N2O4S/c1-3-20-13(18)8-7-15-14-16(12(8)17)11-9(19-2)5-4-6-10(11)21-14/h4-7H,3H2,1-2H3. The lowest BCUT2D eigenvalue weighted by molar-refractivity contribution is 0.0523. The summed E-state index contributed by atoms with van der Waals surface area (Å²) in [6.45, 7) is 1.89. The molecule has 1 aromatic carbocycles. The molecule has 0 aliphatic heterocycles. The fourth-order valence-electron chi connectivity index (χ4n) is 2.13. The number of carbonyl (C=O) groups excluding carboxylic acids is 1. The number of rotatable bonds is 3. The van der Waals surface area contributed by atoms with Crippen molar-refractivity contribution < 1.29 is 14.3 Å². The molecule has 7 heteroatoms. The maximum atomic E-state index is 12.6. The molecule has 0 N–H and O–H groups in total. The van der Waals surface area contributed by atoms with E-state index in [0.29, 0.717) is 16.2 Å². The lowest BCUT2D eigenvalue weighted by atomic mass is 10.3. The summed E-state index contributed by atoms with van der Waals surface area (Å²) >= 11 is 1.36. The van der Waals surface area contributed by atoms with Crippen LogP contribution >= 0.6 is 11.3 Å². The summed E-state index contributed by atoms with van der Waals surface area (Å²) in [7, 11) is 1.53. The number of hydrogen-bond donors (Lipinski definition) is 0. The summed E-state index contributed by atoms with van der Waals surface area (Å²) < 4.78 is 12.4. The number of esters is 1. The van der Waals surface area contributed by atoms with Crippen LogP contribution in [0.1, 0.15) is 17.3 Å². The molecule has 6 nitrogen and oxygen atoms in total. The Morgan fingerprint density at radius 3 is 2.95 bits per heavy atom. The second kappa shape index (κ2) is 5.17. The molecule has 0 amide bonds. The molecule has 0 bridgehead atoms. The van der Waals surface area contributed by atoms with Crippen molar-refractivity contribution in [3.63, 3.8) is 0 Å². The third-order valence-electron chi connectivity index (χ3n) is 3.03. The fraction of sp³-hybridized carbons (Fsp3) is 0.214. The average Bonchev–Trinajstić information content (AvgIpc) is 2.86. The molecule has 0 radical (unpaired) electrons. The largest absolute Gasteiger partial charge is 0.495 e. The lowest BCUT2D eigenvalue weighted by Gasteiger charge is -2.04. The number of aromatic nitrogens is 2. The van der Waals surface area contributed by atoms with Crippen LogP contribution in [-0.2, 0) is 4.74 Å². The van der Waals surface area contributed by atoms with Gasteiger partial charge in [-0.15, -0.1) is 0 Å². The Labute approximate surface area is 123 Å². The molecular weight excluding hydrogens is 292 g/mol. The number of benzene rings is 1. The molecule has 2 aromatic heterocycles. The minimum absolute atomic E-state index is 0.0834. The van der Waals surface area contributed by atoms with Crippen LogP contribution in [0.15, 0.2) is 29.2 Å². The number of thiazole rings is 1. The van der Waals surface area contributed by atoms with Crippen molar-refractivity contribution in [2.24, 2.45) is 0 Å². The molecule has 0 unspecified atom stereocenters. The zero-order chi connectivity index (χ0) is 15.0. The number of nitrogens with zero attached hydrogens (tertiary/aromatic N) is 2. The maximum absolute atomic E-state index is 12.6. The SMILES string of the molecule is CCOC(=O)c1cnc2sc3cccc(OC)c3n2c1=O. The monoisotopic (exact) mass is 304 g/mol. The van der Waals surface area contributed by atoms with Crippen LogP contribution in [0.3, 0.4) is 0 Å². The van der Waals surface area contributed by atoms with E-state index in [9.17, 15) is 9.59 Å². The first kappa shape index (κ1) is 13.6. The van der Waals surface area contributed by atoms with E-state index in [2.05, 4.69) is 4.98 Å². The first-order chi connectivity index (χ1) is 10.2. The molecule has 2 heterocycles. The van der Waals surface area contributed by atoms with Gasteiger partial charge in [0, 0.05) is 0 Å². The van der Waals surface area contributed by atoms with Gasteiger partial charge in [-0.05, 0) is 19.1 Å². The Balaban J connectivity index is 2.39. The number of carbonyl (C=O) groups is 1. The van der Waals surface area contributed by atoms with E-state index in [1.165, 1.54) is 29.0 Å². The third kappa shape index (κ3) is 2.06. The van der Waals surface area contributed by atoms with E-state index in [1.54, 1.807) is 13.0 Å². The number of ether oxygens (including phenoxy) is 2. The smallest absolute Gasteiger partial charge is 0.345 e. The Bertz CT molecular complexity index is 897. The topological polar surface area (TPSA) is 69.9 Å². The normalized spacial score (nSPS) is 11.0. The molecule has 3 rings (SSSR count). The highest BCUT2D eigenvalue weighted by molar-refractivity contribution is 7.23. The van der Waals surface area contributed by atoms with Gasteiger partial charge in [0.05, 0.1) is 24.6 Å². The molecule has 0 fully saturated rings. The van der Waals surface area contributed by atoms with Crippen LogP contribution in [-0.4, -0.2) is 29.1 Å². The predicted octanol–water partition coefficient (Wildman–Crippen LogP) is 2.09. The van der Waals surface area contributed by atoms with E-state index in [-0.39, 0.29) is 12.2 Å². The first-order valence-electron chi connectivity index (χ1n) is 6.31. The summed E-state index contributed by atoms with van der Waals surface area (Å²) in [4.78, 5) is 29.1. The second-order valence-electron chi connectivity index (χ2n) is 4.22. The number of hydrogen-bond acceptors (Lipinski definition) is 6. The minimum Gasteiger partial charge on any atom is -0.495 e. The van der Waals surface area contributed by atoms with Gasteiger partial charge in [0.2, 0.25) is 0 Å². The Kier molecular flexibility index (Phi) is 3.34. The summed E-state index contributed by atoms with van der Waals surface area (Å²) in [5.74, 6) is -0.109. The summed E-state index contributed by atoms with van der Waals surface area (Å²) in [6.07, 6.45) is 1.26. The fourth-order valence-corrected chi connectivity index (χ4v) is 3.13. The number of methoxy groups -OCH3 is 1. The van der Waals surface area contributed by atoms with Crippen molar-refractivity contribution in [3.8, 4) is 5.75 Å². The molecule has 0 aliphatic rings. The van der Waals surface area contributed by atoms with Crippen LogP contribution in [0.5, 0.6) is 5.75 Å². The molecule has 0 spiro atoms. The third-order valence-corrected chi connectivity index (χ3v) is 4.05. The van der Waals surface area contributed by atoms with Crippen LogP contribution in [0.2, 0.25) is 0 Å². The molecule has 0 atom stereocenters. The van der Waals surface area contributed by atoms with E-state index in [4.69, 9.17) is 9.47 Å². The predicted molar refractivity (Wildman–Crippen MR) is 79.4 cm³/mol. The highest BCUT2D eigenvalue weighted by atomic mass is 32.1. The van der Waals surface area contributed by atoms with E-state index in [0.717, 1.165) is 4.70 Å². The highest BCUT2D eigenvalue weighted by Crippen LogP contribution is 2.31. The molecule has 108 valence electrons. The van der Waals surface area contributed by atoms with Crippen molar-refractivity contribution in [1.29, 1.82) is 0 Å². The summed E-state index contributed by atoms with van der Waals surface area (Å²) in [5, 5.41) is 0. The van der Waals surface area contributed by atoms with Crippen LogP contribution in [0.25, 0.3) is 15.2 Å². The lowest BCUT2D eigenvalue weighted by Crippen LogP contribution is -2.23. The molecule has 3 aromatic rings. The first-order valence-corrected chi connectivity index (χ1v) is 7.13. The van der Waals surface area contributed by atoms with Gasteiger partial charge >= 0.3 is 5.97 Å². The Morgan fingerprint density at radius 1 is 1.43 bits per heavy atom. The van der Waals surface area contributed by atoms with E-state index >= 15 is 0 Å². The molecule has 0 saturated heterocycles. The number of para-hydroxylation sites is 1. The maximum Gasteiger partial charge on any atom is 0.345 e. The van der Waals surface area contributed by atoms with Crippen molar-refractivity contribution >= 4 is 32.5 Å². The van der Waals surface area contributed by atoms with Crippen molar-refractivity contribution in [1.82, 2.24) is 9.38 Å². The summed E-state index contributed by atoms with van der Waals surface area (Å²) in [6, 6.07) is 5.48. The van der Waals surface area contributed by atoms with E-state index < -0.39 is 11.5 Å². The second-order valence-corrected chi connectivity index (χ2v) is 5.23. The number of fused-ring (bicyclic) bond motifs is 3. The molecule has 0 aliphatic carbocycles. The Morgan fingerprint density at radius 2 is 2.24 bits per heavy atom. The van der Waals surface area contributed by atoms with Gasteiger partial charge in [-0.3, -0.25) is 4.79 Å². The highest BCUT2D eigenvalue weighted by Gasteiger charge is 2.18. The van der Waals surface area contributed by atoms with Gasteiger partial charge in [-0.25, -0.2) is 14.2 Å². The molecule has 21 heavy (non-hydrogen) atoms. The quantitative estimate of drug-likeness (QED) is 0.693. The van der Waals surface area contributed by atoms with Gasteiger partial charge in [0.15, 0.2) is 4.96 Å². The van der Waals surface area contributed by atoms with Gasteiger partial charge in [0.1, 0.15) is 16.8 Å². The van der Waals surface area contributed by atoms with E-state index in [1.807, 2.05) is 12.1 Å². The van der Waals surface area contributed by atoms with Gasteiger partial charge < -0.3 is 9.47 Å². The van der Waals surface area contributed by atoms with Crippen molar-refractivity contribution in [2.45, 2.75) is 6.92 Å². The van der Waals surface area contributed by atoms with Gasteiger partial charge in [-0.2, -0.15) is 0 Å². The van der Waals surface area contributed by atoms with Gasteiger partial charge in [0.25, 0.3) is 5.56 Å². The van der Waals surface area contributed by atoms with Crippen LogP contribution in [0.4, 0.5) is 0 Å². The average molecular weight is 304 g/mol. The minimum atomic E-state index is -0.668. The summed E-state index contributed by atoms with van der Waals surface area (Å²) in [5.41, 5.74) is 0.0813. The zero-order valence-corrected chi connectivity index (χ0v) is 12.3. The molecular formula is C14H12N2O4S.